The summed E-state index contributed by atoms with van der Waals surface area (Å²) in [4.78, 5) is 37.5. The molecule has 2 rings (SSSR count). The molecule has 1 aromatic heterocycles. The van der Waals surface area contributed by atoms with Crippen LogP contribution in [0.15, 0.2) is 47.1 Å². The number of carbonyl (C=O) groups is 3. The standard InChI is InChI=1S/C18H17BrN2O5/c1-2-25-17(23)8-5-12-3-6-14(7-4-12)21-16(22)11-26-18(24)15-9-13(19)10-20-15/h3-10,20H,2,11H2,1H3,(H,21,22)/b8-5+. The summed E-state index contributed by atoms with van der Waals surface area (Å²) in [6.45, 7) is 1.65. The number of aromatic amines is 1. The van der Waals surface area contributed by atoms with Gasteiger partial charge in [-0.3, -0.25) is 4.79 Å². The molecule has 1 aromatic carbocycles. The van der Waals surface area contributed by atoms with Crippen molar-refractivity contribution in [2.24, 2.45) is 0 Å². The lowest BCUT2D eigenvalue weighted by molar-refractivity contribution is -0.137. The molecule has 2 N–H and O–H groups in total. The minimum absolute atomic E-state index is 0.252. The number of ether oxygens (including phenoxy) is 2. The predicted molar refractivity (Wildman–Crippen MR) is 99.5 cm³/mol. The van der Waals surface area contributed by atoms with Crippen molar-refractivity contribution in [2.45, 2.75) is 6.92 Å². The monoisotopic (exact) mass is 420 g/mol. The fraction of sp³-hybridized carbons (Fsp3) is 0.167. The minimum Gasteiger partial charge on any atom is -0.463 e. The number of benzene rings is 1. The molecule has 0 aliphatic rings. The van der Waals surface area contributed by atoms with Crippen LogP contribution in [0.4, 0.5) is 5.69 Å². The Kier molecular flexibility index (Phi) is 7.16. The molecule has 0 spiro atoms. The molecule has 2 aromatic rings. The first-order chi connectivity index (χ1) is 12.5. The molecule has 0 saturated heterocycles. The molecule has 0 saturated carbocycles. The third kappa shape index (κ3) is 6.21. The molecule has 1 amide bonds. The Morgan fingerprint density at radius 2 is 1.92 bits per heavy atom. The zero-order valence-corrected chi connectivity index (χ0v) is 15.5. The van der Waals surface area contributed by atoms with Gasteiger partial charge >= 0.3 is 11.9 Å². The maximum absolute atomic E-state index is 11.8. The lowest BCUT2D eigenvalue weighted by Gasteiger charge is -2.06. The molecular formula is C18H17BrN2O5. The van der Waals surface area contributed by atoms with Crippen LogP contribution in [0.3, 0.4) is 0 Å². The van der Waals surface area contributed by atoms with Gasteiger partial charge in [0.2, 0.25) is 0 Å². The number of esters is 2. The van der Waals surface area contributed by atoms with Crippen molar-refractivity contribution in [2.75, 3.05) is 18.5 Å². The summed E-state index contributed by atoms with van der Waals surface area (Å²) in [5.74, 6) is -1.50. The van der Waals surface area contributed by atoms with E-state index in [2.05, 4.69) is 26.2 Å². The molecule has 0 aliphatic heterocycles. The Bertz CT molecular complexity index is 811. The van der Waals surface area contributed by atoms with Crippen LogP contribution in [0.25, 0.3) is 6.08 Å². The highest BCUT2D eigenvalue weighted by Gasteiger charge is 2.12. The predicted octanol–water partition coefficient (Wildman–Crippen LogP) is 3.15. The SMILES string of the molecule is CCOC(=O)/C=C/c1ccc(NC(=O)COC(=O)c2cc(Br)c[nH]2)cc1. The molecule has 7 nitrogen and oxygen atoms in total. The van der Waals surface area contributed by atoms with Crippen LogP contribution in [0, 0.1) is 0 Å². The number of H-pyrrole nitrogens is 1. The molecule has 0 bridgehead atoms. The Morgan fingerprint density at radius 3 is 2.54 bits per heavy atom. The number of amides is 1. The zero-order valence-electron chi connectivity index (χ0n) is 14.0. The van der Waals surface area contributed by atoms with Crippen molar-refractivity contribution < 1.29 is 23.9 Å². The highest BCUT2D eigenvalue weighted by molar-refractivity contribution is 9.10. The number of hydrogen-bond acceptors (Lipinski definition) is 5. The van der Waals surface area contributed by atoms with Crippen molar-refractivity contribution in [3.63, 3.8) is 0 Å². The van der Waals surface area contributed by atoms with Crippen LogP contribution in [0.2, 0.25) is 0 Å². The third-order valence-electron chi connectivity index (χ3n) is 3.09. The number of hydrogen-bond donors (Lipinski definition) is 2. The first kappa shape index (κ1) is 19.5. The van der Waals surface area contributed by atoms with Crippen LogP contribution in [-0.4, -0.2) is 36.0 Å². The molecular weight excluding hydrogens is 404 g/mol. The molecule has 8 heteroatoms. The first-order valence-corrected chi connectivity index (χ1v) is 8.53. The van der Waals surface area contributed by atoms with E-state index in [0.29, 0.717) is 16.8 Å². The van der Waals surface area contributed by atoms with Crippen molar-refractivity contribution in [3.8, 4) is 0 Å². The smallest absolute Gasteiger partial charge is 0.355 e. The van der Waals surface area contributed by atoms with E-state index in [4.69, 9.17) is 9.47 Å². The van der Waals surface area contributed by atoms with Crippen molar-refractivity contribution in [1.82, 2.24) is 4.98 Å². The Morgan fingerprint density at radius 1 is 1.19 bits per heavy atom. The van der Waals surface area contributed by atoms with Gasteiger partial charge in [0, 0.05) is 22.4 Å². The summed E-state index contributed by atoms with van der Waals surface area (Å²) in [5.41, 5.74) is 1.57. The fourth-order valence-corrected chi connectivity index (χ4v) is 2.27. The van der Waals surface area contributed by atoms with Crippen LogP contribution < -0.4 is 5.32 Å². The molecule has 26 heavy (non-hydrogen) atoms. The summed E-state index contributed by atoms with van der Waals surface area (Å²) < 4.78 is 10.4. The van der Waals surface area contributed by atoms with E-state index < -0.39 is 24.5 Å². The molecule has 1 heterocycles. The summed E-state index contributed by atoms with van der Waals surface area (Å²) in [6, 6.07) is 8.36. The highest BCUT2D eigenvalue weighted by Crippen LogP contribution is 2.12. The normalized spacial score (nSPS) is 10.5. The Balaban J connectivity index is 1.81. The average molecular weight is 421 g/mol. The van der Waals surface area contributed by atoms with Gasteiger partial charge in [0.05, 0.1) is 6.61 Å². The summed E-state index contributed by atoms with van der Waals surface area (Å²) in [7, 11) is 0. The Hall–Kier alpha value is -2.87. The van der Waals surface area contributed by atoms with Gasteiger partial charge in [-0.2, -0.15) is 0 Å². The van der Waals surface area contributed by atoms with Gasteiger partial charge in [-0.05, 0) is 52.7 Å². The number of halogens is 1. The van der Waals surface area contributed by atoms with Gasteiger partial charge in [0.1, 0.15) is 5.69 Å². The van der Waals surface area contributed by atoms with Crippen molar-refractivity contribution in [1.29, 1.82) is 0 Å². The molecule has 136 valence electrons. The lowest BCUT2D eigenvalue weighted by Crippen LogP contribution is -2.21. The maximum Gasteiger partial charge on any atom is 0.355 e. The van der Waals surface area contributed by atoms with Crippen molar-refractivity contribution in [3.05, 3.63) is 58.3 Å². The molecule has 0 unspecified atom stereocenters. The second-order valence-electron chi connectivity index (χ2n) is 5.06. The number of anilines is 1. The van der Waals surface area contributed by atoms with Gasteiger partial charge in [0.15, 0.2) is 6.61 Å². The van der Waals surface area contributed by atoms with Crippen LogP contribution in [0.1, 0.15) is 23.0 Å². The fourth-order valence-electron chi connectivity index (χ4n) is 1.92. The van der Waals surface area contributed by atoms with Crippen LogP contribution in [-0.2, 0) is 19.1 Å². The van der Waals surface area contributed by atoms with E-state index in [-0.39, 0.29) is 5.69 Å². The van der Waals surface area contributed by atoms with E-state index in [1.54, 1.807) is 49.5 Å². The molecule has 0 fully saturated rings. The third-order valence-corrected chi connectivity index (χ3v) is 3.55. The zero-order chi connectivity index (χ0) is 18.9. The topological polar surface area (TPSA) is 97.5 Å². The number of aromatic nitrogens is 1. The van der Waals surface area contributed by atoms with Gasteiger partial charge in [-0.15, -0.1) is 0 Å². The van der Waals surface area contributed by atoms with Crippen LogP contribution >= 0.6 is 15.9 Å². The van der Waals surface area contributed by atoms with E-state index in [1.807, 2.05) is 0 Å². The second-order valence-corrected chi connectivity index (χ2v) is 5.98. The lowest BCUT2D eigenvalue weighted by atomic mass is 10.2. The van der Waals surface area contributed by atoms with Gasteiger partial charge in [-0.25, -0.2) is 9.59 Å². The van der Waals surface area contributed by atoms with Crippen molar-refractivity contribution >= 4 is 45.5 Å². The molecule has 0 atom stereocenters. The molecule has 0 radical (unpaired) electrons. The van der Waals surface area contributed by atoms with E-state index in [9.17, 15) is 14.4 Å². The summed E-state index contributed by atoms with van der Waals surface area (Å²) >= 11 is 3.21. The first-order valence-electron chi connectivity index (χ1n) is 7.73. The minimum atomic E-state index is -0.620. The second kappa shape index (κ2) is 9.57. The number of rotatable bonds is 7. The van der Waals surface area contributed by atoms with Gasteiger partial charge < -0.3 is 19.8 Å². The van der Waals surface area contributed by atoms with E-state index in [1.165, 1.54) is 6.08 Å². The maximum atomic E-state index is 11.8. The van der Waals surface area contributed by atoms with Gasteiger partial charge in [-0.1, -0.05) is 12.1 Å². The number of nitrogens with one attached hydrogen (secondary N) is 2. The highest BCUT2D eigenvalue weighted by atomic mass is 79.9. The quantitative estimate of drug-likeness (QED) is 0.529. The van der Waals surface area contributed by atoms with E-state index >= 15 is 0 Å². The van der Waals surface area contributed by atoms with E-state index in [0.717, 1.165) is 5.56 Å². The number of carbonyl (C=O) groups excluding carboxylic acids is 3. The van der Waals surface area contributed by atoms with Crippen LogP contribution in [0.5, 0.6) is 0 Å². The Labute approximate surface area is 158 Å². The largest absolute Gasteiger partial charge is 0.463 e. The molecule has 0 aliphatic carbocycles. The van der Waals surface area contributed by atoms with Gasteiger partial charge in [0.25, 0.3) is 5.91 Å². The summed E-state index contributed by atoms with van der Waals surface area (Å²) in [5, 5.41) is 2.61. The average Bonchev–Trinajstić information content (AvgIpc) is 3.06. The summed E-state index contributed by atoms with van der Waals surface area (Å²) in [6.07, 6.45) is 4.53.